The van der Waals surface area contributed by atoms with Gasteiger partial charge in [0.2, 0.25) is 5.91 Å². The van der Waals surface area contributed by atoms with E-state index in [0.717, 1.165) is 37.3 Å². The second-order valence-electron chi connectivity index (χ2n) is 7.66. The third-order valence-corrected chi connectivity index (χ3v) is 5.69. The summed E-state index contributed by atoms with van der Waals surface area (Å²) in [6, 6.07) is 9.75. The lowest BCUT2D eigenvalue weighted by Gasteiger charge is -2.29. The van der Waals surface area contributed by atoms with E-state index in [4.69, 9.17) is 0 Å². The number of benzene rings is 2. The number of rotatable bonds is 4. The standard InChI is InChI=1S/C23H21F3N2O/c24-16-5-7-18(8-6-16)28-22(29)11-14-1-3-15(4-2-14)19-9-10-27-23-20(19)12-17(25)13-21(23)26/h5-10,12-15H,1-4,11H2,(H,28,29). The van der Waals surface area contributed by atoms with Crippen LogP contribution in [0.5, 0.6) is 0 Å². The zero-order valence-corrected chi connectivity index (χ0v) is 15.8. The Kier molecular flexibility index (Phi) is 5.51. The molecule has 1 amide bonds. The third-order valence-electron chi connectivity index (χ3n) is 5.69. The number of carbonyl (C=O) groups is 1. The monoisotopic (exact) mass is 398 g/mol. The molecule has 1 N–H and O–H groups in total. The van der Waals surface area contributed by atoms with E-state index in [1.54, 1.807) is 6.20 Å². The molecule has 0 saturated heterocycles. The van der Waals surface area contributed by atoms with Crippen LogP contribution >= 0.6 is 0 Å². The molecule has 1 aromatic heterocycles. The first-order valence-corrected chi connectivity index (χ1v) is 9.78. The maximum absolute atomic E-state index is 14.0. The van der Waals surface area contributed by atoms with Crippen LogP contribution in [0.1, 0.15) is 43.6 Å². The second kappa shape index (κ2) is 8.23. The molecule has 1 fully saturated rings. The molecule has 0 spiro atoms. The fourth-order valence-corrected chi connectivity index (χ4v) is 4.24. The molecule has 1 heterocycles. The largest absolute Gasteiger partial charge is 0.326 e. The minimum absolute atomic E-state index is 0.0847. The Bertz CT molecular complexity index is 1030. The zero-order chi connectivity index (χ0) is 20.4. The van der Waals surface area contributed by atoms with Gasteiger partial charge in [-0.1, -0.05) is 0 Å². The number of nitrogens with one attached hydrogen (secondary N) is 1. The molecule has 1 aliphatic carbocycles. The summed E-state index contributed by atoms with van der Waals surface area (Å²) in [5.74, 6) is -1.22. The summed E-state index contributed by atoms with van der Waals surface area (Å²) < 4.78 is 40.7. The number of halogens is 3. The summed E-state index contributed by atoms with van der Waals surface area (Å²) >= 11 is 0. The molecule has 1 saturated carbocycles. The molecular weight excluding hydrogens is 377 g/mol. The summed E-state index contributed by atoms with van der Waals surface area (Å²) in [6.45, 7) is 0. The first kappa shape index (κ1) is 19.4. The summed E-state index contributed by atoms with van der Waals surface area (Å²) in [5.41, 5.74) is 1.70. The van der Waals surface area contributed by atoms with Crippen molar-refractivity contribution in [3.63, 3.8) is 0 Å². The Morgan fingerprint density at radius 2 is 1.69 bits per heavy atom. The van der Waals surface area contributed by atoms with E-state index >= 15 is 0 Å². The molecule has 29 heavy (non-hydrogen) atoms. The summed E-state index contributed by atoms with van der Waals surface area (Å²) in [5, 5.41) is 3.33. The molecular formula is C23H21F3N2O. The van der Waals surface area contributed by atoms with Crippen LogP contribution in [0.3, 0.4) is 0 Å². The summed E-state index contributed by atoms with van der Waals surface area (Å²) in [7, 11) is 0. The predicted molar refractivity (Wildman–Crippen MR) is 106 cm³/mol. The fraction of sp³-hybridized carbons (Fsp3) is 0.304. The van der Waals surface area contributed by atoms with E-state index in [2.05, 4.69) is 10.3 Å². The quantitative estimate of drug-likeness (QED) is 0.590. The van der Waals surface area contributed by atoms with Gasteiger partial charge in [-0.2, -0.15) is 0 Å². The van der Waals surface area contributed by atoms with Crippen molar-refractivity contribution in [2.24, 2.45) is 5.92 Å². The van der Waals surface area contributed by atoms with Gasteiger partial charge in [0, 0.05) is 29.8 Å². The first-order valence-electron chi connectivity index (χ1n) is 9.78. The van der Waals surface area contributed by atoms with Crippen molar-refractivity contribution in [3.8, 4) is 0 Å². The number of anilines is 1. The van der Waals surface area contributed by atoms with E-state index in [0.29, 0.717) is 17.5 Å². The molecule has 0 radical (unpaired) electrons. The van der Waals surface area contributed by atoms with E-state index in [1.165, 1.54) is 30.3 Å². The Balaban J connectivity index is 1.39. The number of hydrogen-bond donors (Lipinski definition) is 1. The molecule has 150 valence electrons. The maximum Gasteiger partial charge on any atom is 0.224 e. The Labute approximate surface area is 167 Å². The zero-order valence-electron chi connectivity index (χ0n) is 15.8. The third kappa shape index (κ3) is 4.42. The number of nitrogens with zero attached hydrogens (tertiary/aromatic N) is 1. The Morgan fingerprint density at radius 1 is 0.966 bits per heavy atom. The fourth-order valence-electron chi connectivity index (χ4n) is 4.24. The van der Waals surface area contributed by atoms with Gasteiger partial charge in [-0.15, -0.1) is 0 Å². The molecule has 0 aliphatic heterocycles. The highest BCUT2D eigenvalue weighted by molar-refractivity contribution is 5.90. The SMILES string of the molecule is O=C(CC1CCC(c2ccnc3c(F)cc(F)cc23)CC1)Nc1ccc(F)cc1. The minimum Gasteiger partial charge on any atom is -0.326 e. The van der Waals surface area contributed by atoms with Crippen molar-refractivity contribution in [3.05, 3.63) is 71.7 Å². The molecule has 6 heteroatoms. The highest BCUT2D eigenvalue weighted by Crippen LogP contribution is 2.39. The van der Waals surface area contributed by atoms with Crippen molar-refractivity contribution in [1.82, 2.24) is 4.98 Å². The number of pyridine rings is 1. The van der Waals surface area contributed by atoms with Gasteiger partial charge in [0.15, 0.2) is 5.82 Å². The van der Waals surface area contributed by atoms with Crippen LogP contribution in [-0.4, -0.2) is 10.9 Å². The van der Waals surface area contributed by atoms with Gasteiger partial charge in [-0.3, -0.25) is 9.78 Å². The van der Waals surface area contributed by atoms with Gasteiger partial charge in [0.1, 0.15) is 17.2 Å². The average Bonchev–Trinajstić information content (AvgIpc) is 2.70. The van der Waals surface area contributed by atoms with Gasteiger partial charge < -0.3 is 5.32 Å². The molecule has 0 bridgehead atoms. The Morgan fingerprint density at radius 3 is 2.41 bits per heavy atom. The number of fused-ring (bicyclic) bond motifs is 1. The van der Waals surface area contributed by atoms with Crippen LogP contribution in [0, 0.1) is 23.4 Å². The Hall–Kier alpha value is -2.89. The lowest BCUT2D eigenvalue weighted by atomic mass is 9.77. The van der Waals surface area contributed by atoms with Crippen LogP contribution < -0.4 is 5.32 Å². The van der Waals surface area contributed by atoms with Gasteiger partial charge in [0.25, 0.3) is 0 Å². The first-order chi connectivity index (χ1) is 14.0. The average molecular weight is 398 g/mol. The second-order valence-corrected chi connectivity index (χ2v) is 7.66. The lowest BCUT2D eigenvalue weighted by Crippen LogP contribution is -2.20. The van der Waals surface area contributed by atoms with Crippen molar-refractivity contribution in [2.75, 3.05) is 5.32 Å². The van der Waals surface area contributed by atoms with Crippen molar-refractivity contribution in [2.45, 2.75) is 38.0 Å². The van der Waals surface area contributed by atoms with E-state index in [9.17, 15) is 18.0 Å². The highest BCUT2D eigenvalue weighted by atomic mass is 19.1. The van der Waals surface area contributed by atoms with Crippen LogP contribution in [0.15, 0.2) is 48.7 Å². The van der Waals surface area contributed by atoms with Crippen LogP contribution in [0.4, 0.5) is 18.9 Å². The molecule has 0 unspecified atom stereocenters. The van der Waals surface area contributed by atoms with Crippen molar-refractivity contribution < 1.29 is 18.0 Å². The van der Waals surface area contributed by atoms with Crippen LogP contribution in [0.2, 0.25) is 0 Å². The number of hydrogen-bond acceptors (Lipinski definition) is 2. The van der Waals surface area contributed by atoms with E-state index in [-0.39, 0.29) is 29.1 Å². The molecule has 3 nitrogen and oxygen atoms in total. The number of aromatic nitrogens is 1. The maximum atomic E-state index is 14.0. The van der Waals surface area contributed by atoms with Gasteiger partial charge >= 0.3 is 0 Å². The summed E-state index contributed by atoms with van der Waals surface area (Å²) in [6.07, 6.45) is 5.41. The van der Waals surface area contributed by atoms with Gasteiger partial charge in [-0.05, 0) is 79.5 Å². The van der Waals surface area contributed by atoms with E-state index < -0.39 is 11.6 Å². The summed E-state index contributed by atoms with van der Waals surface area (Å²) in [4.78, 5) is 16.3. The molecule has 4 rings (SSSR count). The van der Waals surface area contributed by atoms with E-state index in [1.807, 2.05) is 6.07 Å². The topological polar surface area (TPSA) is 42.0 Å². The highest BCUT2D eigenvalue weighted by Gasteiger charge is 2.26. The number of carbonyl (C=O) groups excluding carboxylic acids is 1. The minimum atomic E-state index is -0.645. The normalized spacial score (nSPS) is 19.3. The van der Waals surface area contributed by atoms with Crippen molar-refractivity contribution in [1.29, 1.82) is 0 Å². The molecule has 0 atom stereocenters. The van der Waals surface area contributed by atoms with Gasteiger partial charge in [-0.25, -0.2) is 13.2 Å². The van der Waals surface area contributed by atoms with Crippen LogP contribution in [-0.2, 0) is 4.79 Å². The molecule has 2 aromatic carbocycles. The molecule has 3 aromatic rings. The lowest BCUT2D eigenvalue weighted by molar-refractivity contribution is -0.117. The molecule has 1 aliphatic rings. The van der Waals surface area contributed by atoms with Crippen molar-refractivity contribution >= 4 is 22.5 Å². The van der Waals surface area contributed by atoms with Gasteiger partial charge in [0.05, 0.1) is 0 Å². The number of amides is 1. The smallest absolute Gasteiger partial charge is 0.224 e. The van der Waals surface area contributed by atoms with Crippen LogP contribution in [0.25, 0.3) is 10.9 Å². The predicted octanol–water partition coefficient (Wildman–Crippen LogP) is 5.95.